The van der Waals surface area contributed by atoms with Crippen LogP contribution in [0.25, 0.3) is 0 Å². The van der Waals surface area contributed by atoms with Crippen LogP contribution in [0.2, 0.25) is 5.02 Å². The fourth-order valence-electron chi connectivity index (χ4n) is 1.74. The minimum absolute atomic E-state index is 0.00243. The number of carbonyl (C=O) groups is 1. The molecule has 0 saturated carbocycles. The third kappa shape index (κ3) is 3.24. The molecule has 20 heavy (non-hydrogen) atoms. The minimum atomic E-state index is -1.10. The highest BCUT2D eigenvalue weighted by atomic mass is 35.5. The molecule has 0 aliphatic heterocycles. The monoisotopic (exact) mass is 294 g/mol. The summed E-state index contributed by atoms with van der Waals surface area (Å²) in [4.78, 5) is 16.9. The second-order valence-corrected chi connectivity index (χ2v) is 4.72. The van der Waals surface area contributed by atoms with Gasteiger partial charge in [-0.1, -0.05) is 23.7 Å². The van der Waals surface area contributed by atoms with Gasteiger partial charge in [0.2, 0.25) is 0 Å². The summed E-state index contributed by atoms with van der Waals surface area (Å²) in [7, 11) is 1.77. The second-order valence-electron chi connectivity index (χ2n) is 4.31. The molecular weight excluding hydrogens is 283 g/mol. The molecule has 0 bridgehead atoms. The van der Waals surface area contributed by atoms with Crippen LogP contribution in [0.15, 0.2) is 36.5 Å². The average molecular weight is 295 g/mol. The van der Waals surface area contributed by atoms with Crippen LogP contribution < -0.4 is 4.90 Å². The molecule has 0 fully saturated rings. The fourth-order valence-corrected chi connectivity index (χ4v) is 1.93. The van der Waals surface area contributed by atoms with Gasteiger partial charge in [0, 0.05) is 19.8 Å². The molecule has 0 aliphatic carbocycles. The van der Waals surface area contributed by atoms with E-state index in [0.717, 1.165) is 5.56 Å². The zero-order chi connectivity index (χ0) is 14.7. The Morgan fingerprint density at radius 2 is 2.05 bits per heavy atom. The molecule has 0 radical (unpaired) electrons. The van der Waals surface area contributed by atoms with Gasteiger partial charge < -0.3 is 10.0 Å². The lowest BCUT2D eigenvalue weighted by Gasteiger charge is -2.18. The van der Waals surface area contributed by atoms with Gasteiger partial charge in [-0.05, 0) is 23.8 Å². The first kappa shape index (κ1) is 14.3. The number of pyridine rings is 1. The SMILES string of the molecule is CN(Cc1ccc(F)cc1)c1cc(C(=O)O)c(Cl)cn1. The van der Waals surface area contributed by atoms with Crippen molar-refractivity contribution in [2.24, 2.45) is 0 Å². The number of halogens is 2. The van der Waals surface area contributed by atoms with E-state index in [1.807, 2.05) is 0 Å². The first-order valence-electron chi connectivity index (χ1n) is 5.82. The number of aromatic nitrogens is 1. The molecule has 0 atom stereocenters. The third-order valence-electron chi connectivity index (χ3n) is 2.80. The average Bonchev–Trinajstić information content (AvgIpc) is 2.41. The second kappa shape index (κ2) is 5.88. The molecular formula is C14H12ClFN2O2. The first-order chi connectivity index (χ1) is 9.47. The summed E-state index contributed by atoms with van der Waals surface area (Å²) in [6.45, 7) is 0.480. The van der Waals surface area contributed by atoms with Crippen LogP contribution in [0, 0.1) is 5.82 Å². The van der Waals surface area contributed by atoms with Crippen LogP contribution in [-0.4, -0.2) is 23.1 Å². The zero-order valence-electron chi connectivity index (χ0n) is 10.7. The topological polar surface area (TPSA) is 53.4 Å². The Labute approximate surface area is 120 Å². The van der Waals surface area contributed by atoms with E-state index in [2.05, 4.69) is 4.98 Å². The van der Waals surface area contributed by atoms with Crippen molar-refractivity contribution in [3.8, 4) is 0 Å². The molecule has 1 aromatic carbocycles. The number of carboxylic acid groups (broad SMARTS) is 1. The van der Waals surface area contributed by atoms with Gasteiger partial charge in [-0.3, -0.25) is 0 Å². The van der Waals surface area contributed by atoms with Crippen molar-refractivity contribution in [2.45, 2.75) is 6.54 Å². The fraction of sp³-hybridized carbons (Fsp3) is 0.143. The van der Waals surface area contributed by atoms with Crippen LogP contribution in [0.3, 0.4) is 0 Å². The number of hydrogen-bond acceptors (Lipinski definition) is 3. The van der Waals surface area contributed by atoms with Gasteiger partial charge in [0.1, 0.15) is 11.6 Å². The number of anilines is 1. The maximum Gasteiger partial charge on any atom is 0.337 e. The molecule has 0 unspecified atom stereocenters. The number of hydrogen-bond donors (Lipinski definition) is 1. The summed E-state index contributed by atoms with van der Waals surface area (Å²) in [6.07, 6.45) is 1.31. The van der Waals surface area contributed by atoms with Crippen molar-refractivity contribution in [1.29, 1.82) is 0 Å². The molecule has 1 N–H and O–H groups in total. The normalized spacial score (nSPS) is 10.3. The standard InChI is InChI=1S/C14H12ClFN2O2/c1-18(8-9-2-4-10(16)5-3-9)13-6-11(14(19)20)12(15)7-17-13/h2-7H,8H2,1H3,(H,19,20). The summed E-state index contributed by atoms with van der Waals surface area (Å²) in [5.74, 6) is -0.917. The lowest BCUT2D eigenvalue weighted by molar-refractivity contribution is 0.0697. The van der Waals surface area contributed by atoms with Gasteiger partial charge >= 0.3 is 5.97 Å². The summed E-state index contributed by atoms with van der Waals surface area (Å²) < 4.78 is 12.8. The summed E-state index contributed by atoms with van der Waals surface area (Å²) >= 11 is 5.77. The molecule has 0 amide bonds. The van der Waals surface area contributed by atoms with E-state index < -0.39 is 5.97 Å². The van der Waals surface area contributed by atoms with Crippen LogP contribution >= 0.6 is 11.6 Å². The largest absolute Gasteiger partial charge is 0.478 e. The van der Waals surface area contributed by atoms with Crippen LogP contribution in [0.4, 0.5) is 10.2 Å². The predicted molar refractivity (Wildman–Crippen MR) is 74.7 cm³/mol. The Kier molecular flexibility index (Phi) is 4.20. The number of nitrogens with zero attached hydrogens (tertiary/aromatic N) is 2. The predicted octanol–water partition coefficient (Wildman–Crippen LogP) is 3.21. The van der Waals surface area contributed by atoms with Crippen molar-refractivity contribution in [1.82, 2.24) is 4.98 Å². The number of rotatable bonds is 4. The van der Waals surface area contributed by atoms with Crippen molar-refractivity contribution in [3.05, 3.63) is 58.5 Å². The highest BCUT2D eigenvalue weighted by Crippen LogP contribution is 2.21. The van der Waals surface area contributed by atoms with Crippen molar-refractivity contribution < 1.29 is 14.3 Å². The summed E-state index contributed by atoms with van der Waals surface area (Å²) in [6, 6.07) is 7.50. The number of carboxylic acids is 1. The van der Waals surface area contributed by atoms with E-state index in [4.69, 9.17) is 16.7 Å². The van der Waals surface area contributed by atoms with Gasteiger partial charge in [-0.15, -0.1) is 0 Å². The Morgan fingerprint density at radius 1 is 1.40 bits per heavy atom. The minimum Gasteiger partial charge on any atom is -0.478 e. The quantitative estimate of drug-likeness (QED) is 0.941. The Morgan fingerprint density at radius 3 is 2.65 bits per heavy atom. The number of benzene rings is 1. The van der Waals surface area contributed by atoms with Crippen LogP contribution in [-0.2, 0) is 6.54 Å². The molecule has 2 aromatic rings. The molecule has 0 aliphatic rings. The molecule has 104 valence electrons. The van der Waals surface area contributed by atoms with E-state index in [1.54, 1.807) is 24.1 Å². The van der Waals surface area contributed by atoms with Crippen molar-refractivity contribution in [3.63, 3.8) is 0 Å². The molecule has 1 heterocycles. The molecule has 2 rings (SSSR count). The summed E-state index contributed by atoms with van der Waals surface area (Å²) in [5.41, 5.74) is 0.894. The Balaban J connectivity index is 2.20. The highest BCUT2D eigenvalue weighted by molar-refractivity contribution is 6.33. The van der Waals surface area contributed by atoms with Crippen molar-refractivity contribution in [2.75, 3.05) is 11.9 Å². The maximum absolute atomic E-state index is 12.8. The Bertz CT molecular complexity index is 632. The van der Waals surface area contributed by atoms with Gasteiger partial charge in [-0.2, -0.15) is 0 Å². The van der Waals surface area contributed by atoms with E-state index in [-0.39, 0.29) is 16.4 Å². The molecule has 6 heteroatoms. The van der Waals surface area contributed by atoms with E-state index in [9.17, 15) is 9.18 Å². The maximum atomic E-state index is 12.8. The van der Waals surface area contributed by atoms with E-state index in [1.165, 1.54) is 24.4 Å². The smallest absolute Gasteiger partial charge is 0.337 e. The van der Waals surface area contributed by atoms with Crippen LogP contribution in [0.5, 0.6) is 0 Å². The third-order valence-corrected chi connectivity index (χ3v) is 3.10. The van der Waals surface area contributed by atoms with Gasteiger partial charge in [0.15, 0.2) is 0 Å². The highest BCUT2D eigenvalue weighted by Gasteiger charge is 2.12. The molecule has 0 spiro atoms. The van der Waals surface area contributed by atoms with E-state index in [0.29, 0.717) is 12.4 Å². The van der Waals surface area contributed by atoms with Crippen LogP contribution in [0.1, 0.15) is 15.9 Å². The Hall–Kier alpha value is -2.14. The van der Waals surface area contributed by atoms with Gasteiger partial charge in [0.25, 0.3) is 0 Å². The molecule has 1 aromatic heterocycles. The number of aromatic carboxylic acids is 1. The van der Waals surface area contributed by atoms with Gasteiger partial charge in [-0.25, -0.2) is 14.2 Å². The van der Waals surface area contributed by atoms with Crippen molar-refractivity contribution >= 4 is 23.4 Å². The molecule has 4 nitrogen and oxygen atoms in total. The molecule has 0 saturated heterocycles. The lowest BCUT2D eigenvalue weighted by Crippen LogP contribution is -2.18. The van der Waals surface area contributed by atoms with E-state index >= 15 is 0 Å². The van der Waals surface area contributed by atoms with Gasteiger partial charge in [0.05, 0.1) is 10.6 Å². The zero-order valence-corrected chi connectivity index (χ0v) is 11.4. The summed E-state index contributed by atoms with van der Waals surface area (Å²) in [5, 5.41) is 9.11. The lowest BCUT2D eigenvalue weighted by atomic mass is 10.2. The first-order valence-corrected chi connectivity index (χ1v) is 6.19.